The fourth-order valence-corrected chi connectivity index (χ4v) is 2.38. The highest BCUT2D eigenvalue weighted by Crippen LogP contribution is 2.18. The van der Waals surface area contributed by atoms with Crippen LogP contribution in [0.4, 0.5) is 0 Å². The molecule has 0 aliphatic heterocycles. The maximum absolute atomic E-state index is 11.4. The number of hydrogen-bond donors (Lipinski definition) is 2. The van der Waals surface area contributed by atoms with E-state index in [1.807, 2.05) is 0 Å². The summed E-state index contributed by atoms with van der Waals surface area (Å²) in [6.45, 7) is 0. The summed E-state index contributed by atoms with van der Waals surface area (Å²) >= 11 is 0. The molecule has 1 aliphatic rings. The SMILES string of the molecule is CN(C)S(=O)(=O)NC1CCC(O)CC1. The molecule has 6 heteroatoms. The second-order valence-electron chi connectivity index (χ2n) is 3.91. The molecule has 84 valence electrons. The van der Waals surface area contributed by atoms with Crippen LogP contribution in [-0.2, 0) is 10.2 Å². The van der Waals surface area contributed by atoms with Crippen molar-refractivity contribution < 1.29 is 13.5 Å². The summed E-state index contributed by atoms with van der Waals surface area (Å²) in [6.07, 6.45) is 2.54. The third-order valence-electron chi connectivity index (χ3n) is 2.49. The lowest BCUT2D eigenvalue weighted by atomic mass is 9.94. The average molecular weight is 222 g/mol. The first kappa shape index (κ1) is 11.9. The molecule has 0 saturated heterocycles. The Balaban J connectivity index is 2.46. The zero-order chi connectivity index (χ0) is 10.8. The van der Waals surface area contributed by atoms with E-state index in [1.54, 1.807) is 0 Å². The lowest BCUT2D eigenvalue weighted by molar-refractivity contribution is 0.120. The topological polar surface area (TPSA) is 69.6 Å². The van der Waals surface area contributed by atoms with Crippen LogP contribution in [0.25, 0.3) is 0 Å². The minimum absolute atomic E-state index is 0.0224. The Hall–Kier alpha value is -0.170. The Labute approximate surface area is 85.3 Å². The first-order valence-corrected chi connectivity index (χ1v) is 6.23. The predicted octanol–water partition coefficient (Wildman–Crippen LogP) is -0.314. The molecule has 0 amide bonds. The van der Waals surface area contributed by atoms with E-state index >= 15 is 0 Å². The monoisotopic (exact) mass is 222 g/mol. The van der Waals surface area contributed by atoms with Crippen molar-refractivity contribution in [3.63, 3.8) is 0 Å². The predicted molar refractivity (Wildman–Crippen MR) is 54.0 cm³/mol. The van der Waals surface area contributed by atoms with E-state index in [0.29, 0.717) is 25.7 Å². The Morgan fingerprint density at radius 2 is 1.71 bits per heavy atom. The van der Waals surface area contributed by atoms with Crippen molar-refractivity contribution in [1.29, 1.82) is 0 Å². The Morgan fingerprint density at radius 1 is 1.21 bits per heavy atom. The first-order valence-electron chi connectivity index (χ1n) is 4.79. The van der Waals surface area contributed by atoms with Crippen LogP contribution in [0.5, 0.6) is 0 Å². The maximum atomic E-state index is 11.4. The van der Waals surface area contributed by atoms with Crippen LogP contribution >= 0.6 is 0 Å². The lowest BCUT2D eigenvalue weighted by Crippen LogP contribution is -2.44. The molecule has 0 aromatic rings. The van der Waals surface area contributed by atoms with Gasteiger partial charge >= 0.3 is 0 Å². The van der Waals surface area contributed by atoms with Gasteiger partial charge in [0.05, 0.1) is 6.10 Å². The molecule has 5 nitrogen and oxygen atoms in total. The van der Waals surface area contributed by atoms with Crippen LogP contribution in [-0.4, -0.2) is 44.1 Å². The minimum Gasteiger partial charge on any atom is -0.393 e. The summed E-state index contributed by atoms with van der Waals surface area (Å²) in [7, 11) is -0.314. The highest BCUT2D eigenvalue weighted by molar-refractivity contribution is 7.87. The Kier molecular flexibility index (Phi) is 3.88. The first-order chi connectivity index (χ1) is 6.42. The van der Waals surface area contributed by atoms with Crippen molar-refractivity contribution in [2.45, 2.75) is 37.8 Å². The average Bonchev–Trinajstić information content (AvgIpc) is 2.08. The van der Waals surface area contributed by atoms with Crippen molar-refractivity contribution >= 4 is 10.2 Å². The van der Waals surface area contributed by atoms with Gasteiger partial charge in [0.15, 0.2) is 0 Å². The number of rotatable bonds is 3. The summed E-state index contributed by atoms with van der Waals surface area (Å²) in [6, 6.07) is -0.0224. The van der Waals surface area contributed by atoms with Crippen molar-refractivity contribution in [3.8, 4) is 0 Å². The van der Waals surface area contributed by atoms with Crippen LogP contribution < -0.4 is 4.72 Å². The molecule has 1 rings (SSSR count). The molecular weight excluding hydrogens is 204 g/mol. The highest BCUT2D eigenvalue weighted by atomic mass is 32.2. The number of hydrogen-bond acceptors (Lipinski definition) is 3. The summed E-state index contributed by atoms with van der Waals surface area (Å²) in [5.41, 5.74) is 0. The van der Waals surface area contributed by atoms with E-state index in [1.165, 1.54) is 14.1 Å². The second-order valence-corrected chi connectivity index (χ2v) is 5.83. The van der Waals surface area contributed by atoms with Gasteiger partial charge in [0.2, 0.25) is 0 Å². The van der Waals surface area contributed by atoms with Crippen LogP contribution in [0.2, 0.25) is 0 Å². The number of aliphatic hydroxyl groups is 1. The molecule has 0 aromatic heterocycles. The van der Waals surface area contributed by atoms with Crippen LogP contribution in [0, 0.1) is 0 Å². The highest BCUT2D eigenvalue weighted by Gasteiger charge is 2.24. The number of nitrogens with one attached hydrogen (secondary N) is 1. The van der Waals surface area contributed by atoms with Gasteiger partial charge in [0, 0.05) is 20.1 Å². The van der Waals surface area contributed by atoms with Gasteiger partial charge in [-0.1, -0.05) is 0 Å². The molecule has 2 N–H and O–H groups in total. The van der Waals surface area contributed by atoms with E-state index in [4.69, 9.17) is 0 Å². The van der Waals surface area contributed by atoms with Crippen LogP contribution in [0.15, 0.2) is 0 Å². The molecule has 1 saturated carbocycles. The van der Waals surface area contributed by atoms with Crippen molar-refractivity contribution in [3.05, 3.63) is 0 Å². The third-order valence-corrected chi connectivity index (χ3v) is 4.09. The van der Waals surface area contributed by atoms with Crippen molar-refractivity contribution in [1.82, 2.24) is 9.03 Å². The normalized spacial score (nSPS) is 29.4. The fourth-order valence-electron chi connectivity index (χ4n) is 1.51. The molecule has 1 fully saturated rings. The largest absolute Gasteiger partial charge is 0.393 e. The standard InChI is InChI=1S/C8H18N2O3S/c1-10(2)14(12,13)9-7-3-5-8(11)6-4-7/h7-9,11H,3-6H2,1-2H3. The molecule has 1 aliphatic carbocycles. The second kappa shape index (κ2) is 4.57. The number of aliphatic hydroxyl groups excluding tert-OH is 1. The summed E-state index contributed by atoms with van der Waals surface area (Å²) in [4.78, 5) is 0. The lowest BCUT2D eigenvalue weighted by Gasteiger charge is -2.27. The molecule has 0 radical (unpaired) electrons. The Morgan fingerprint density at radius 3 is 2.14 bits per heavy atom. The maximum Gasteiger partial charge on any atom is 0.279 e. The van der Waals surface area contributed by atoms with E-state index in [0.717, 1.165) is 4.31 Å². The van der Waals surface area contributed by atoms with Crippen molar-refractivity contribution in [2.75, 3.05) is 14.1 Å². The van der Waals surface area contributed by atoms with Gasteiger partial charge in [0.25, 0.3) is 10.2 Å². The van der Waals surface area contributed by atoms with E-state index in [-0.39, 0.29) is 12.1 Å². The zero-order valence-electron chi connectivity index (χ0n) is 8.60. The molecule has 14 heavy (non-hydrogen) atoms. The van der Waals surface area contributed by atoms with E-state index in [9.17, 15) is 13.5 Å². The quantitative estimate of drug-likeness (QED) is 0.688. The van der Waals surface area contributed by atoms with Gasteiger partial charge in [0.1, 0.15) is 0 Å². The Bertz CT molecular complexity index is 268. The summed E-state index contributed by atoms with van der Waals surface area (Å²) < 4.78 is 26.6. The van der Waals surface area contributed by atoms with Gasteiger partial charge in [-0.2, -0.15) is 17.4 Å². The summed E-state index contributed by atoms with van der Waals surface area (Å²) in [5.74, 6) is 0. The van der Waals surface area contributed by atoms with Crippen LogP contribution in [0.3, 0.4) is 0 Å². The van der Waals surface area contributed by atoms with Crippen molar-refractivity contribution in [2.24, 2.45) is 0 Å². The molecule has 0 heterocycles. The van der Waals surface area contributed by atoms with E-state index < -0.39 is 10.2 Å². The molecule has 0 unspecified atom stereocenters. The molecular formula is C8H18N2O3S. The van der Waals surface area contributed by atoms with E-state index in [2.05, 4.69) is 4.72 Å². The van der Waals surface area contributed by atoms with Gasteiger partial charge in [-0.15, -0.1) is 0 Å². The summed E-state index contributed by atoms with van der Waals surface area (Å²) in [5, 5.41) is 9.25. The number of nitrogens with zero attached hydrogens (tertiary/aromatic N) is 1. The van der Waals surface area contributed by atoms with Crippen LogP contribution in [0.1, 0.15) is 25.7 Å². The van der Waals surface area contributed by atoms with Gasteiger partial charge < -0.3 is 5.11 Å². The minimum atomic E-state index is -3.31. The van der Waals surface area contributed by atoms with Gasteiger partial charge in [-0.25, -0.2) is 0 Å². The van der Waals surface area contributed by atoms with Gasteiger partial charge in [-0.05, 0) is 25.7 Å². The van der Waals surface area contributed by atoms with Gasteiger partial charge in [-0.3, -0.25) is 0 Å². The smallest absolute Gasteiger partial charge is 0.279 e. The molecule has 0 aromatic carbocycles. The fraction of sp³-hybridized carbons (Fsp3) is 1.00. The zero-order valence-corrected chi connectivity index (χ0v) is 9.42. The third kappa shape index (κ3) is 3.20. The molecule has 0 atom stereocenters. The molecule has 0 bridgehead atoms. The molecule has 0 spiro atoms.